The van der Waals surface area contributed by atoms with Crippen LogP contribution in [0.15, 0.2) is 36.4 Å². The van der Waals surface area contributed by atoms with E-state index in [1.807, 2.05) is 0 Å². The van der Waals surface area contributed by atoms with Crippen LogP contribution < -0.4 is 9.47 Å². The summed E-state index contributed by atoms with van der Waals surface area (Å²) >= 11 is 0. The van der Waals surface area contributed by atoms with Gasteiger partial charge in [-0.25, -0.2) is 0 Å². The number of aliphatic hydroxyl groups is 5. The minimum atomic E-state index is -1.60. The van der Waals surface area contributed by atoms with Gasteiger partial charge in [0.1, 0.15) is 59.6 Å². The minimum absolute atomic E-state index is 0.0298. The number of phenolic OH excluding ortho intramolecular Hbond substituents is 2. The molecule has 0 saturated carbocycles. The monoisotopic (exact) mass is 466 g/mol. The number of methoxy groups -OCH3 is 1. The van der Waals surface area contributed by atoms with Crippen LogP contribution in [0.25, 0.3) is 0 Å². The average Bonchev–Trinajstić information content (AvgIpc) is 3.08. The van der Waals surface area contributed by atoms with Gasteiger partial charge in [0.05, 0.1) is 19.3 Å². The van der Waals surface area contributed by atoms with Crippen molar-refractivity contribution in [1.29, 1.82) is 0 Å². The maximum atomic E-state index is 11.1. The summed E-state index contributed by atoms with van der Waals surface area (Å²) in [5.41, 5.74) is 0.496. The second kappa shape index (κ2) is 9.31. The summed E-state index contributed by atoms with van der Waals surface area (Å²) in [6.45, 7) is -0.713. The molecular weight excluding hydrogens is 440 g/mol. The third-order valence-corrected chi connectivity index (χ3v) is 5.82. The first-order chi connectivity index (χ1) is 15.7. The highest BCUT2D eigenvalue weighted by molar-refractivity contribution is 5.53. The molecule has 180 valence electrons. The molecule has 33 heavy (non-hydrogen) atoms. The molecule has 8 atom stereocenters. The van der Waals surface area contributed by atoms with Gasteiger partial charge >= 0.3 is 0 Å². The van der Waals surface area contributed by atoms with Crippen LogP contribution in [0.4, 0.5) is 0 Å². The molecular formula is C22H26O11. The summed E-state index contributed by atoms with van der Waals surface area (Å²) in [5.74, 6) is -0.102. The fourth-order valence-corrected chi connectivity index (χ4v) is 4.08. The number of benzene rings is 2. The lowest BCUT2D eigenvalue weighted by Gasteiger charge is -2.39. The van der Waals surface area contributed by atoms with Crippen molar-refractivity contribution >= 4 is 0 Å². The molecule has 0 aromatic heterocycles. The summed E-state index contributed by atoms with van der Waals surface area (Å²) in [6, 6.07) is 8.93. The van der Waals surface area contributed by atoms with Gasteiger partial charge in [-0.2, -0.15) is 0 Å². The first-order valence-corrected chi connectivity index (χ1v) is 10.3. The second-order valence-corrected chi connectivity index (χ2v) is 7.93. The third-order valence-electron chi connectivity index (χ3n) is 5.82. The summed E-state index contributed by atoms with van der Waals surface area (Å²) in [4.78, 5) is 0. The molecule has 1 fully saturated rings. The van der Waals surface area contributed by atoms with E-state index in [4.69, 9.17) is 24.1 Å². The number of fused-ring (bicyclic) bond motifs is 1. The van der Waals surface area contributed by atoms with E-state index in [2.05, 4.69) is 0 Å². The molecule has 11 nitrogen and oxygen atoms in total. The molecule has 0 spiro atoms. The van der Waals surface area contributed by atoms with Gasteiger partial charge < -0.3 is 54.7 Å². The Hall–Kier alpha value is -2.64. The molecule has 0 amide bonds. The highest BCUT2D eigenvalue weighted by Gasteiger charge is 2.50. The van der Waals surface area contributed by atoms with Crippen molar-refractivity contribution < 1.29 is 54.7 Å². The molecule has 11 heteroatoms. The number of hydrogen-bond donors (Lipinski definition) is 7. The van der Waals surface area contributed by atoms with Gasteiger partial charge in [-0.15, -0.1) is 0 Å². The van der Waals surface area contributed by atoms with Crippen molar-refractivity contribution in [3.05, 3.63) is 47.5 Å². The van der Waals surface area contributed by atoms with Crippen molar-refractivity contribution in [3.8, 4) is 23.0 Å². The lowest BCUT2D eigenvalue weighted by atomic mass is 9.91. The Labute approximate surface area is 188 Å². The Bertz CT molecular complexity index is 966. The number of aliphatic hydroxyl groups excluding tert-OH is 5. The fourth-order valence-electron chi connectivity index (χ4n) is 4.08. The minimum Gasteiger partial charge on any atom is -0.508 e. The first-order valence-electron chi connectivity index (χ1n) is 10.3. The van der Waals surface area contributed by atoms with E-state index in [-0.39, 0.29) is 17.1 Å². The molecule has 0 radical (unpaired) electrons. The van der Waals surface area contributed by atoms with Gasteiger partial charge in [0.15, 0.2) is 12.4 Å². The van der Waals surface area contributed by atoms with Gasteiger partial charge in [0, 0.05) is 12.1 Å². The van der Waals surface area contributed by atoms with E-state index in [0.717, 1.165) is 6.07 Å². The zero-order valence-corrected chi connectivity index (χ0v) is 17.6. The highest BCUT2D eigenvalue weighted by atomic mass is 16.7. The predicted octanol–water partition coefficient (Wildman–Crippen LogP) is -0.541. The molecule has 1 saturated heterocycles. The van der Waals surface area contributed by atoms with Crippen LogP contribution in [-0.4, -0.2) is 86.3 Å². The Balaban J connectivity index is 1.69. The second-order valence-electron chi connectivity index (χ2n) is 7.93. The van der Waals surface area contributed by atoms with Gasteiger partial charge in [0.25, 0.3) is 0 Å². The van der Waals surface area contributed by atoms with Gasteiger partial charge in [-0.05, 0) is 17.7 Å². The van der Waals surface area contributed by atoms with E-state index in [1.165, 1.54) is 13.2 Å². The first kappa shape index (κ1) is 23.5. The van der Waals surface area contributed by atoms with Crippen LogP contribution in [0.2, 0.25) is 0 Å². The largest absolute Gasteiger partial charge is 0.508 e. The predicted molar refractivity (Wildman–Crippen MR) is 110 cm³/mol. The topological polar surface area (TPSA) is 179 Å². The lowest BCUT2D eigenvalue weighted by molar-refractivity contribution is -0.239. The molecule has 2 aliphatic rings. The Kier molecular flexibility index (Phi) is 6.64. The fraction of sp³-hybridized carbons (Fsp3) is 0.455. The highest BCUT2D eigenvalue weighted by Crippen LogP contribution is 2.48. The number of ether oxygens (including phenoxy) is 4. The van der Waals surface area contributed by atoms with Crippen LogP contribution >= 0.6 is 0 Å². The van der Waals surface area contributed by atoms with Crippen molar-refractivity contribution in [2.45, 2.75) is 49.0 Å². The molecule has 0 bridgehead atoms. The smallest absolute Gasteiger partial charge is 0.187 e. The molecule has 0 aliphatic carbocycles. The lowest BCUT2D eigenvalue weighted by Crippen LogP contribution is -2.43. The van der Waals surface area contributed by atoms with Gasteiger partial charge in [-0.3, -0.25) is 0 Å². The molecule has 2 heterocycles. The van der Waals surface area contributed by atoms with Gasteiger partial charge in [0.2, 0.25) is 0 Å². The van der Waals surface area contributed by atoms with Crippen molar-refractivity contribution in [2.24, 2.45) is 0 Å². The number of hydrogen-bond acceptors (Lipinski definition) is 11. The third kappa shape index (κ3) is 4.32. The van der Waals surface area contributed by atoms with E-state index in [9.17, 15) is 30.6 Å². The van der Waals surface area contributed by atoms with E-state index >= 15 is 0 Å². The number of rotatable bonds is 6. The Morgan fingerprint density at radius 3 is 2.36 bits per heavy atom. The average molecular weight is 466 g/mol. The van der Waals surface area contributed by atoms with Crippen LogP contribution in [0.5, 0.6) is 23.0 Å². The molecule has 7 N–H and O–H groups in total. The van der Waals surface area contributed by atoms with Gasteiger partial charge in [-0.1, -0.05) is 12.1 Å². The number of phenols is 2. The molecule has 0 unspecified atom stereocenters. The van der Waals surface area contributed by atoms with Crippen LogP contribution in [0.1, 0.15) is 23.3 Å². The zero-order chi connectivity index (χ0) is 23.9. The van der Waals surface area contributed by atoms with Crippen molar-refractivity contribution in [3.63, 3.8) is 0 Å². The zero-order valence-electron chi connectivity index (χ0n) is 17.6. The molecule has 4 rings (SSSR count). The maximum absolute atomic E-state index is 11.1. The molecule has 2 aromatic rings. The quantitative estimate of drug-likeness (QED) is 0.291. The summed E-state index contributed by atoms with van der Waals surface area (Å²) in [5, 5.41) is 70.8. The van der Waals surface area contributed by atoms with Crippen molar-refractivity contribution in [2.75, 3.05) is 13.7 Å². The molecule has 2 aliphatic heterocycles. The Morgan fingerprint density at radius 2 is 1.73 bits per heavy atom. The van der Waals surface area contributed by atoms with Crippen molar-refractivity contribution in [1.82, 2.24) is 0 Å². The van der Waals surface area contributed by atoms with Crippen LogP contribution in [0.3, 0.4) is 0 Å². The van der Waals surface area contributed by atoms with Crippen LogP contribution in [0, 0.1) is 0 Å². The summed E-state index contributed by atoms with van der Waals surface area (Å²) in [7, 11) is 1.50. The number of aromatic hydroxyl groups is 2. The normalized spacial score (nSPS) is 32.1. The van der Waals surface area contributed by atoms with Crippen LogP contribution in [-0.2, 0) is 9.47 Å². The standard InChI is InChI=1S/C22H26O11/c1-30-11-4-2-9(3-5-11)19-21(16(27)15-12(25)6-10(24)7-14(15)31-19)33-22-18(29)17(28)20(32-22)13(26)8-23/h2-7,13,16-29H,8H2,1H3/t13-,16+,17-,18-,19-,20+,21+,22+/m1/s1. The van der Waals surface area contributed by atoms with E-state index in [1.54, 1.807) is 24.3 Å². The molecule has 2 aromatic carbocycles. The SMILES string of the molecule is COc1ccc([C@H]2Oc3cc(O)cc(O)c3[C@H](O)[C@@H]2O[C@@H]2O[C@@H]([C@H](O)CO)[C@H](O)[C@H]2O)cc1. The van der Waals surface area contributed by atoms with E-state index < -0.39 is 61.4 Å². The maximum Gasteiger partial charge on any atom is 0.187 e. The van der Waals surface area contributed by atoms with E-state index in [0.29, 0.717) is 11.3 Å². The summed E-state index contributed by atoms with van der Waals surface area (Å²) < 4.78 is 22.4. The summed E-state index contributed by atoms with van der Waals surface area (Å²) in [6.07, 6.45) is -11.2. The Morgan fingerprint density at radius 1 is 1.03 bits per heavy atom.